The molecular weight excluding hydrogens is 1780 g/mol. The van der Waals surface area contributed by atoms with Crippen LogP contribution in [0.4, 0.5) is 0 Å². The van der Waals surface area contributed by atoms with E-state index in [0.29, 0.717) is 0 Å². The van der Waals surface area contributed by atoms with E-state index in [0.717, 1.165) is 44.2 Å². The smallest absolute Gasteiger partial charge is 0.143 e. The van der Waals surface area contributed by atoms with Crippen LogP contribution in [0.15, 0.2) is 514 Å². The van der Waals surface area contributed by atoms with Gasteiger partial charge in [0.05, 0.1) is 0 Å². The highest BCUT2D eigenvalue weighted by Gasteiger charge is 2.23. The van der Waals surface area contributed by atoms with Crippen LogP contribution in [0.3, 0.4) is 0 Å². The Bertz CT molecular complexity index is 9400. The number of furan rings is 1. The summed E-state index contributed by atoms with van der Waals surface area (Å²) in [5.41, 5.74) is 31.2. The third kappa shape index (κ3) is 15.0. The van der Waals surface area contributed by atoms with Crippen molar-refractivity contribution in [1.29, 1.82) is 0 Å². The molecule has 29 rings (SSSR count). The molecule has 0 amide bonds. The second-order valence-corrected chi connectivity index (χ2v) is 40.8. The molecule has 0 spiro atoms. The maximum absolute atomic E-state index is 6.84. The second kappa shape index (κ2) is 35.2. The third-order valence-corrected chi connectivity index (χ3v) is 33.5. The number of hydrogen-bond acceptors (Lipinski definition) is 5. The molecule has 0 bridgehead atoms. The first-order chi connectivity index (χ1) is 69.9. The zero-order valence-electron chi connectivity index (χ0n) is 76.5. The predicted octanol–water partition coefficient (Wildman–Crippen LogP) is 41.0. The summed E-state index contributed by atoms with van der Waals surface area (Å²) >= 11 is 7.62. The van der Waals surface area contributed by atoms with E-state index < -0.39 is 0 Å². The minimum atomic E-state index is 0.911. The van der Waals surface area contributed by atoms with E-state index in [1.54, 1.807) is 0 Å². The molecule has 5 aromatic heterocycles. The molecule has 658 valence electrons. The van der Waals surface area contributed by atoms with Gasteiger partial charge in [-0.1, -0.05) is 473 Å². The Morgan fingerprint density at radius 1 is 0.113 bits per heavy atom. The SMILES string of the molecule is c1ccc(-c2ccc(-c3cccc(-c4cccc5c4oc4c(-c6cccc(-c7ccc(-c8ccccc8)cc7)c6)cccc45)c3)cc2)cc1.c1ccc2c(c1)ccc1cc(-c3cccc4c3sc3c(-c5ccc6c(ccc7ccccc76)c5)cccc34)ccc12.c1ccc2c(c1)sc1c(-c3ccc(-c4cccc5c4sc4c(-c6ccc(-c7cccc8c7sc7ccccc78)cc6)cccc45)cc3)cccc12. The van der Waals surface area contributed by atoms with Crippen LogP contribution >= 0.6 is 45.3 Å². The molecule has 0 aliphatic heterocycles. The van der Waals surface area contributed by atoms with Crippen LogP contribution in [0.25, 0.3) is 279 Å². The number of para-hydroxylation sites is 2. The van der Waals surface area contributed by atoms with Gasteiger partial charge in [-0.15, -0.1) is 45.3 Å². The van der Waals surface area contributed by atoms with Crippen LogP contribution in [-0.2, 0) is 0 Å². The Balaban J connectivity index is 0.000000107. The first-order valence-corrected chi connectivity index (χ1v) is 51.4. The van der Waals surface area contributed by atoms with Crippen LogP contribution < -0.4 is 0 Å². The third-order valence-electron chi connectivity index (χ3n) is 28.5. The van der Waals surface area contributed by atoms with E-state index in [2.05, 4.69) is 510 Å². The van der Waals surface area contributed by atoms with Crippen molar-refractivity contribution < 1.29 is 4.42 Å². The monoisotopic (exact) mass is 1860 g/mol. The van der Waals surface area contributed by atoms with Gasteiger partial charge in [-0.2, -0.15) is 0 Å². The molecule has 141 heavy (non-hydrogen) atoms. The van der Waals surface area contributed by atoms with Crippen molar-refractivity contribution in [2.75, 3.05) is 0 Å². The maximum atomic E-state index is 6.84. The minimum Gasteiger partial charge on any atom is -0.455 e. The predicted molar refractivity (Wildman–Crippen MR) is 613 cm³/mol. The van der Waals surface area contributed by atoms with Crippen LogP contribution in [0, 0.1) is 0 Å². The number of rotatable bonds is 12. The fourth-order valence-corrected chi connectivity index (χ4v) is 26.7. The summed E-state index contributed by atoms with van der Waals surface area (Å²) in [4.78, 5) is 0. The highest BCUT2D eigenvalue weighted by molar-refractivity contribution is 7.28. The van der Waals surface area contributed by atoms with Gasteiger partial charge in [0.15, 0.2) is 0 Å². The average molecular weight is 1860 g/mol. The summed E-state index contributed by atoms with van der Waals surface area (Å²) in [6.07, 6.45) is 0. The Labute approximate surface area is 831 Å². The summed E-state index contributed by atoms with van der Waals surface area (Å²) in [5.74, 6) is 0. The number of fused-ring (bicyclic) bond motifs is 21. The van der Waals surface area contributed by atoms with Gasteiger partial charge in [0.2, 0.25) is 0 Å². The van der Waals surface area contributed by atoms with Crippen molar-refractivity contribution in [3.8, 4) is 134 Å². The largest absolute Gasteiger partial charge is 0.455 e. The first kappa shape index (κ1) is 83.4. The summed E-state index contributed by atoms with van der Waals surface area (Å²) in [6, 6.07) is 186. The molecule has 0 unspecified atom stereocenters. The van der Waals surface area contributed by atoms with Crippen molar-refractivity contribution in [2.24, 2.45) is 0 Å². The lowest BCUT2D eigenvalue weighted by molar-refractivity contribution is 0.671. The maximum Gasteiger partial charge on any atom is 0.143 e. The second-order valence-electron chi connectivity index (χ2n) is 36.6. The van der Waals surface area contributed by atoms with Crippen molar-refractivity contribution in [3.63, 3.8) is 0 Å². The van der Waals surface area contributed by atoms with Crippen molar-refractivity contribution in [2.45, 2.75) is 0 Å². The van der Waals surface area contributed by atoms with Crippen molar-refractivity contribution in [1.82, 2.24) is 0 Å². The quantitative estimate of drug-likeness (QED) is 0.111. The lowest BCUT2D eigenvalue weighted by Gasteiger charge is -2.08. The van der Waals surface area contributed by atoms with E-state index in [-0.39, 0.29) is 0 Å². The van der Waals surface area contributed by atoms with E-state index in [9.17, 15) is 0 Å². The van der Waals surface area contributed by atoms with E-state index >= 15 is 0 Å². The number of benzene rings is 24. The Hall–Kier alpha value is -17.0. The van der Waals surface area contributed by atoms with Gasteiger partial charge in [0, 0.05) is 103 Å². The molecule has 0 aliphatic rings. The fraction of sp³-hybridized carbons (Fsp3) is 0. The molecule has 5 heteroatoms. The standard InChI is InChI=1S/C48H32O.C48H28S3.C40H24S/c1-3-11-33(12-4-1)35-23-27-37(28-24-35)39-15-7-17-41(31-39)43-19-9-21-45-46-22-10-20-44(48(46)49-47(43)45)42-18-8-16-40(32-42)38-29-25-36(26-30-38)34-13-5-2-6-14-34;1-3-19-43-37(9-1)39-15-5-11-33(45(39)49-43)29-21-25-31(26-22-29)35-13-7-17-41-42-18-8-14-36(48(42)51-47(35)41)32-27-23-30(24-28-32)34-12-6-16-40-38-10-2-4-20-44(38)50-46(34)40;1-3-9-31-25(7-1)15-17-27-23-29(19-21-33(27)31)35-11-5-13-37-38-14-6-12-36(40(38)41-39(35)37)30-20-22-34-28(24-30)18-16-26-8-2-4-10-32(26)34/h1-32H;1-28H;1-24H. The summed E-state index contributed by atoms with van der Waals surface area (Å²) < 4.78 is 17.6. The lowest BCUT2D eigenvalue weighted by Crippen LogP contribution is -1.83. The van der Waals surface area contributed by atoms with Gasteiger partial charge in [-0.05, 0) is 202 Å². The van der Waals surface area contributed by atoms with Gasteiger partial charge in [-0.3, -0.25) is 0 Å². The summed E-state index contributed by atoms with van der Waals surface area (Å²) in [7, 11) is 0. The highest BCUT2D eigenvalue weighted by Crippen LogP contribution is 2.51. The van der Waals surface area contributed by atoms with Gasteiger partial charge in [0.1, 0.15) is 11.2 Å². The molecule has 0 saturated heterocycles. The molecule has 0 aliphatic carbocycles. The molecule has 0 atom stereocenters. The minimum absolute atomic E-state index is 0.911. The zero-order chi connectivity index (χ0) is 93.0. The van der Waals surface area contributed by atoms with Crippen molar-refractivity contribution >= 4 is 191 Å². The van der Waals surface area contributed by atoms with Crippen LogP contribution in [0.5, 0.6) is 0 Å². The summed E-state index contributed by atoms with van der Waals surface area (Å²) in [5, 5.41) is 23.3. The molecule has 0 saturated carbocycles. The van der Waals surface area contributed by atoms with Gasteiger partial charge in [0.25, 0.3) is 0 Å². The first-order valence-electron chi connectivity index (χ1n) is 48.1. The summed E-state index contributed by atoms with van der Waals surface area (Å²) in [6.45, 7) is 0. The van der Waals surface area contributed by atoms with Crippen LogP contribution in [-0.4, -0.2) is 0 Å². The van der Waals surface area contributed by atoms with Gasteiger partial charge in [-0.25, -0.2) is 0 Å². The molecule has 24 aromatic carbocycles. The zero-order valence-corrected chi connectivity index (χ0v) is 79.8. The lowest BCUT2D eigenvalue weighted by atomic mass is 9.95. The molecule has 0 N–H and O–H groups in total. The fourth-order valence-electron chi connectivity index (χ4n) is 21.5. The van der Waals surface area contributed by atoms with Crippen molar-refractivity contribution in [3.05, 3.63) is 510 Å². The Morgan fingerprint density at radius 3 is 0.695 bits per heavy atom. The normalized spacial score (nSPS) is 11.7. The number of hydrogen-bond donors (Lipinski definition) is 0. The molecule has 1 nitrogen and oxygen atoms in total. The highest BCUT2D eigenvalue weighted by atomic mass is 32.1. The van der Waals surface area contributed by atoms with Crippen LogP contribution in [0.1, 0.15) is 0 Å². The van der Waals surface area contributed by atoms with E-state index in [4.69, 9.17) is 4.42 Å². The van der Waals surface area contributed by atoms with Crippen LogP contribution in [0.2, 0.25) is 0 Å². The molecule has 0 fully saturated rings. The van der Waals surface area contributed by atoms with Gasteiger partial charge >= 0.3 is 0 Å². The molecule has 5 heterocycles. The molecular formula is C136H84OS4. The van der Waals surface area contributed by atoms with Gasteiger partial charge < -0.3 is 4.42 Å². The average Bonchev–Trinajstić information content (AvgIpc) is 1.70. The Kier molecular flexibility index (Phi) is 20.8. The van der Waals surface area contributed by atoms with E-state index in [1.165, 1.54) is 235 Å². The number of thiophene rings is 4. The molecule has 29 aromatic rings. The molecule has 0 radical (unpaired) electrons. The topological polar surface area (TPSA) is 13.1 Å². The van der Waals surface area contributed by atoms with E-state index in [1.807, 2.05) is 45.3 Å². The Morgan fingerprint density at radius 2 is 0.333 bits per heavy atom.